The highest BCUT2D eigenvalue weighted by Gasteiger charge is 2.52. The van der Waals surface area contributed by atoms with Crippen LogP contribution >= 0.6 is 0 Å². The first kappa shape index (κ1) is 12.8. The minimum absolute atomic E-state index is 0.182. The molecule has 0 bridgehead atoms. The Labute approximate surface area is 104 Å². The minimum Gasteiger partial charge on any atom is -0.400 e. The van der Waals surface area contributed by atoms with E-state index in [1.54, 1.807) is 0 Å². The molecule has 0 aromatic rings. The second-order valence-corrected chi connectivity index (χ2v) is 6.04. The van der Waals surface area contributed by atoms with Gasteiger partial charge in [-0.1, -0.05) is 6.08 Å². The van der Waals surface area contributed by atoms with Gasteiger partial charge in [0.15, 0.2) is 0 Å². The molecule has 2 aliphatic rings. The van der Waals surface area contributed by atoms with Gasteiger partial charge in [0.05, 0.1) is 11.2 Å². The summed E-state index contributed by atoms with van der Waals surface area (Å²) in [5, 5.41) is 0. The molecule has 1 heterocycles. The molecule has 94 valence electrons. The van der Waals surface area contributed by atoms with E-state index in [1.807, 2.05) is 0 Å². The fourth-order valence-corrected chi connectivity index (χ4v) is 2.21. The maximum Gasteiger partial charge on any atom is 0.490 e. The van der Waals surface area contributed by atoms with Crippen molar-refractivity contribution in [3.63, 3.8) is 0 Å². The molecule has 1 atom stereocenters. The molecule has 4 heteroatoms. The predicted octanol–water partition coefficient (Wildman–Crippen LogP) is 2.54. The van der Waals surface area contributed by atoms with Gasteiger partial charge < -0.3 is 14.1 Å². The molecule has 1 unspecified atom stereocenters. The van der Waals surface area contributed by atoms with Gasteiger partial charge in [0.1, 0.15) is 6.29 Å². The number of carbonyl (C=O) groups excluding carboxylic acids is 1. The topological polar surface area (TPSA) is 35.5 Å². The molecule has 0 spiro atoms. The standard InChI is InChI=1S/C13H21BO3/c1-12(2)13(3,4)17-14(16-12)11-7-5-10(9-15)6-8-11/h7,9-10H,5-6,8H2,1-4H3. The zero-order valence-corrected chi connectivity index (χ0v) is 11.2. The molecular weight excluding hydrogens is 215 g/mol. The molecule has 3 nitrogen and oxygen atoms in total. The molecule has 17 heavy (non-hydrogen) atoms. The van der Waals surface area contributed by atoms with Crippen molar-refractivity contribution in [1.82, 2.24) is 0 Å². The van der Waals surface area contributed by atoms with E-state index in [2.05, 4.69) is 33.8 Å². The van der Waals surface area contributed by atoms with Crippen LogP contribution < -0.4 is 0 Å². The second-order valence-electron chi connectivity index (χ2n) is 6.04. The maximum atomic E-state index is 10.7. The summed E-state index contributed by atoms with van der Waals surface area (Å²) < 4.78 is 12.0. The number of carbonyl (C=O) groups is 1. The van der Waals surface area contributed by atoms with Crippen LogP contribution in [0, 0.1) is 5.92 Å². The Morgan fingerprint density at radius 2 is 1.88 bits per heavy atom. The smallest absolute Gasteiger partial charge is 0.400 e. The summed E-state index contributed by atoms with van der Waals surface area (Å²) in [5.74, 6) is 0.182. The summed E-state index contributed by atoms with van der Waals surface area (Å²) in [4.78, 5) is 10.7. The molecule has 2 rings (SSSR count). The molecule has 1 fully saturated rings. The Hall–Kier alpha value is -0.605. The SMILES string of the molecule is CC1(C)OB(C2=CCC(C=O)CC2)OC1(C)C. The molecular formula is C13H21BO3. The highest BCUT2D eigenvalue weighted by Crippen LogP contribution is 2.40. The summed E-state index contributed by atoms with van der Waals surface area (Å²) >= 11 is 0. The Morgan fingerprint density at radius 1 is 1.29 bits per heavy atom. The van der Waals surface area contributed by atoms with Crippen molar-refractivity contribution < 1.29 is 14.1 Å². The van der Waals surface area contributed by atoms with Gasteiger partial charge in [-0.15, -0.1) is 0 Å². The summed E-state index contributed by atoms with van der Waals surface area (Å²) in [5.41, 5.74) is 0.641. The van der Waals surface area contributed by atoms with Crippen molar-refractivity contribution in [2.24, 2.45) is 5.92 Å². The van der Waals surface area contributed by atoms with Crippen molar-refractivity contribution in [3.8, 4) is 0 Å². The van der Waals surface area contributed by atoms with E-state index < -0.39 is 0 Å². The molecule has 0 radical (unpaired) electrons. The van der Waals surface area contributed by atoms with E-state index in [0.29, 0.717) is 0 Å². The van der Waals surface area contributed by atoms with Gasteiger partial charge in [-0.2, -0.15) is 0 Å². The Balaban J connectivity index is 2.07. The zero-order chi connectivity index (χ0) is 12.7. The van der Waals surface area contributed by atoms with Crippen LogP contribution in [0.4, 0.5) is 0 Å². The van der Waals surface area contributed by atoms with Gasteiger partial charge in [-0.3, -0.25) is 0 Å². The van der Waals surface area contributed by atoms with Crippen LogP contribution in [0.1, 0.15) is 47.0 Å². The molecule has 0 N–H and O–H groups in total. The highest BCUT2D eigenvalue weighted by molar-refractivity contribution is 6.54. The second kappa shape index (κ2) is 4.25. The van der Waals surface area contributed by atoms with E-state index in [4.69, 9.17) is 9.31 Å². The predicted molar refractivity (Wildman–Crippen MR) is 67.6 cm³/mol. The normalized spacial score (nSPS) is 31.2. The number of allylic oxidation sites excluding steroid dienone is 2. The van der Waals surface area contributed by atoms with Gasteiger partial charge in [0, 0.05) is 5.92 Å². The quantitative estimate of drug-likeness (QED) is 0.546. The van der Waals surface area contributed by atoms with Gasteiger partial charge in [0.2, 0.25) is 0 Å². The third-order valence-corrected chi connectivity index (χ3v) is 4.24. The van der Waals surface area contributed by atoms with E-state index >= 15 is 0 Å². The monoisotopic (exact) mass is 236 g/mol. The maximum absolute atomic E-state index is 10.7. The zero-order valence-electron chi connectivity index (χ0n) is 11.2. The van der Waals surface area contributed by atoms with Crippen molar-refractivity contribution in [2.75, 3.05) is 0 Å². The Morgan fingerprint density at radius 3 is 2.29 bits per heavy atom. The third-order valence-electron chi connectivity index (χ3n) is 4.24. The molecule has 0 amide bonds. The largest absolute Gasteiger partial charge is 0.490 e. The summed E-state index contributed by atoms with van der Waals surface area (Å²) in [7, 11) is -0.229. The molecule has 0 saturated carbocycles. The molecule has 1 saturated heterocycles. The van der Waals surface area contributed by atoms with Crippen molar-refractivity contribution >= 4 is 13.4 Å². The van der Waals surface area contributed by atoms with Crippen LogP contribution in [-0.2, 0) is 14.1 Å². The Kier molecular flexibility index (Phi) is 3.21. The molecule has 0 aromatic carbocycles. The van der Waals surface area contributed by atoms with E-state index in [1.165, 1.54) is 5.47 Å². The molecule has 0 aromatic heterocycles. The van der Waals surface area contributed by atoms with Crippen molar-refractivity contribution in [2.45, 2.75) is 58.2 Å². The first-order chi connectivity index (χ1) is 7.86. The van der Waals surface area contributed by atoms with Crippen LogP contribution in [0.5, 0.6) is 0 Å². The third kappa shape index (κ3) is 2.33. The average Bonchev–Trinajstić information content (AvgIpc) is 2.48. The fraction of sp³-hybridized carbons (Fsp3) is 0.769. The average molecular weight is 236 g/mol. The summed E-state index contributed by atoms with van der Waals surface area (Å²) in [6.45, 7) is 8.24. The number of aldehydes is 1. The van der Waals surface area contributed by atoms with Crippen molar-refractivity contribution in [3.05, 3.63) is 11.5 Å². The number of hydrogen-bond acceptors (Lipinski definition) is 3. The van der Waals surface area contributed by atoms with E-state index in [9.17, 15) is 4.79 Å². The lowest BCUT2D eigenvalue weighted by Crippen LogP contribution is -2.41. The van der Waals surface area contributed by atoms with Gasteiger partial charge in [0.25, 0.3) is 0 Å². The number of hydrogen-bond donors (Lipinski definition) is 0. The van der Waals surface area contributed by atoms with Crippen LogP contribution in [0.3, 0.4) is 0 Å². The summed E-state index contributed by atoms with van der Waals surface area (Å²) in [6.07, 6.45) is 5.81. The van der Waals surface area contributed by atoms with Crippen LogP contribution in [0.15, 0.2) is 11.5 Å². The van der Waals surface area contributed by atoms with E-state index in [0.717, 1.165) is 25.5 Å². The number of rotatable bonds is 2. The summed E-state index contributed by atoms with van der Waals surface area (Å²) in [6, 6.07) is 0. The Bertz CT molecular complexity index is 331. The highest BCUT2D eigenvalue weighted by atomic mass is 16.7. The first-order valence-corrected chi connectivity index (χ1v) is 6.35. The first-order valence-electron chi connectivity index (χ1n) is 6.35. The lowest BCUT2D eigenvalue weighted by atomic mass is 9.71. The minimum atomic E-state index is -0.278. The van der Waals surface area contributed by atoms with Crippen molar-refractivity contribution in [1.29, 1.82) is 0 Å². The van der Waals surface area contributed by atoms with Gasteiger partial charge in [-0.05, 0) is 52.4 Å². The van der Waals surface area contributed by atoms with Gasteiger partial charge in [-0.25, -0.2) is 0 Å². The fourth-order valence-electron chi connectivity index (χ4n) is 2.21. The van der Waals surface area contributed by atoms with Crippen LogP contribution in [0.2, 0.25) is 0 Å². The van der Waals surface area contributed by atoms with E-state index in [-0.39, 0.29) is 24.2 Å². The lowest BCUT2D eigenvalue weighted by Gasteiger charge is -2.32. The van der Waals surface area contributed by atoms with Crippen LogP contribution in [-0.4, -0.2) is 24.6 Å². The van der Waals surface area contributed by atoms with Gasteiger partial charge >= 0.3 is 7.12 Å². The van der Waals surface area contributed by atoms with Crippen LogP contribution in [0.25, 0.3) is 0 Å². The lowest BCUT2D eigenvalue weighted by molar-refractivity contribution is -0.111. The molecule has 1 aliphatic heterocycles. The molecule has 1 aliphatic carbocycles.